The Hall–Kier alpha value is -4.77. The van der Waals surface area contributed by atoms with Crippen LogP contribution in [-0.2, 0) is 0 Å². The van der Waals surface area contributed by atoms with E-state index in [-0.39, 0.29) is 0 Å². The standard InChI is InChI=1S/C47H59N3O6S/c1-51-41-23-22-36(20-21-37-33-43(52-2)46(54-4)44(34-37)53-3)32-42(41)56-31-14-8-6-12-25-50-28-26-49(27-29-50)24-11-5-7-13-30-55-39-17-15-16-38(35-39)47-48-40-18-9-10-19-45(40)57-47/h9-10,15-23,32-35H,5-8,11-14,24-31H2,1-4H3/b21-20-. The average molecular weight is 794 g/mol. The zero-order valence-corrected chi connectivity index (χ0v) is 35.0. The molecule has 0 amide bonds. The molecule has 0 saturated carbocycles. The topological polar surface area (TPSA) is 74.8 Å². The molecule has 0 N–H and O–H groups in total. The monoisotopic (exact) mass is 793 g/mol. The number of thiazole rings is 1. The van der Waals surface area contributed by atoms with Crippen LogP contribution in [0.15, 0.2) is 78.9 Å². The maximum atomic E-state index is 6.20. The van der Waals surface area contributed by atoms with Gasteiger partial charge in [0.25, 0.3) is 0 Å². The second kappa shape index (κ2) is 22.2. The molecule has 5 aromatic rings. The van der Waals surface area contributed by atoms with Gasteiger partial charge in [0.2, 0.25) is 5.75 Å². The second-order valence-corrected chi connectivity index (χ2v) is 15.5. The van der Waals surface area contributed by atoms with E-state index in [1.54, 1.807) is 39.8 Å². The minimum atomic E-state index is 0.576. The Morgan fingerprint density at radius 3 is 1.82 bits per heavy atom. The van der Waals surface area contributed by atoms with Crippen LogP contribution < -0.4 is 28.4 Å². The molecule has 304 valence electrons. The SMILES string of the molecule is COc1ccc(/C=C\c2cc(OC)c(OC)c(OC)c2)cc1OCCCCCCN1CCN(CCCCCCOc2cccc(-c3nc4ccccc4s3)c2)CC1. The summed E-state index contributed by atoms with van der Waals surface area (Å²) in [6, 6.07) is 26.5. The van der Waals surface area contributed by atoms with Crippen LogP contribution in [0.1, 0.15) is 62.5 Å². The average Bonchev–Trinajstić information content (AvgIpc) is 3.70. The summed E-state index contributed by atoms with van der Waals surface area (Å²) in [6.07, 6.45) is 13.5. The van der Waals surface area contributed by atoms with E-state index < -0.39 is 0 Å². The molecule has 0 spiro atoms. The Bertz CT molecular complexity index is 1950. The smallest absolute Gasteiger partial charge is 0.203 e. The fourth-order valence-corrected chi connectivity index (χ4v) is 8.17. The minimum absolute atomic E-state index is 0.576. The van der Waals surface area contributed by atoms with Gasteiger partial charge >= 0.3 is 0 Å². The number of fused-ring (bicyclic) bond motifs is 1. The highest BCUT2D eigenvalue weighted by Crippen LogP contribution is 2.39. The zero-order valence-electron chi connectivity index (χ0n) is 34.2. The first kappa shape index (κ1) is 41.9. The lowest BCUT2D eigenvalue weighted by molar-refractivity contribution is 0.128. The first-order valence-corrected chi connectivity index (χ1v) is 21.2. The van der Waals surface area contributed by atoms with E-state index in [0.29, 0.717) is 23.9 Å². The molecule has 4 aromatic carbocycles. The van der Waals surface area contributed by atoms with Crippen LogP contribution in [0, 0.1) is 0 Å². The summed E-state index contributed by atoms with van der Waals surface area (Å²) in [7, 11) is 6.53. The molecule has 1 fully saturated rings. The highest BCUT2D eigenvalue weighted by molar-refractivity contribution is 7.21. The van der Waals surface area contributed by atoms with Crippen molar-refractivity contribution < 1.29 is 28.4 Å². The van der Waals surface area contributed by atoms with E-state index in [1.807, 2.05) is 54.6 Å². The Balaban J connectivity index is 0.795. The van der Waals surface area contributed by atoms with Gasteiger partial charge in [0.15, 0.2) is 23.0 Å². The third kappa shape index (κ3) is 12.4. The number of rotatable bonds is 23. The van der Waals surface area contributed by atoms with Gasteiger partial charge in [-0.1, -0.05) is 68.2 Å². The number of nitrogens with zero attached hydrogens (tertiary/aromatic N) is 3. The molecule has 2 heterocycles. The van der Waals surface area contributed by atoms with Gasteiger partial charge in [0.1, 0.15) is 10.8 Å². The number of piperazine rings is 1. The van der Waals surface area contributed by atoms with Crippen LogP contribution in [0.5, 0.6) is 34.5 Å². The predicted octanol–water partition coefficient (Wildman–Crippen LogP) is 10.4. The molecular weight excluding hydrogens is 735 g/mol. The minimum Gasteiger partial charge on any atom is -0.494 e. The molecule has 6 rings (SSSR count). The van der Waals surface area contributed by atoms with E-state index in [9.17, 15) is 0 Å². The number of hydrogen-bond acceptors (Lipinski definition) is 10. The lowest BCUT2D eigenvalue weighted by Gasteiger charge is -2.34. The van der Waals surface area contributed by atoms with Crippen LogP contribution >= 0.6 is 11.3 Å². The Kier molecular flexibility index (Phi) is 16.3. The number of ether oxygens (including phenoxy) is 6. The van der Waals surface area contributed by atoms with Crippen LogP contribution in [0.2, 0.25) is 0 Å². The molecule has 10 heteroatoms. The Morgan fingerprint density at radius 1 is 0.561 bits per heavy atom. The molecule has 1 saturated heterocycles. The summed E-state index contributed by atoms with van der Waals surface area (Å²) in [5, 5.41) is 1.04. The van der Waals surface area contributed by atoms with Crippen molar-refractivity contribution >= 4 is 33.7 Å². The number of unbranched alkanes of at least 4 members (excludes halogenated alkanes) is 6. The normalized spacial score (nSPS) is 13.6. The summed E-state index contributed by atoms with van der Waals surface area (Å²) in [6.45, 7) is 8.54. The van der Waals surface area contributed by atoms with E-state index in [2.05, 4.69) is 46.2 Å². The van der Waals surface area contributed by atoms with Crippen LogP contribution in [0.4, 0.5) is 0 Å². The number of hydrogen-bond donors (Lipinski definition) is 0. The van der Waals surface area contributed by atoms with E-state index >= 15 is 0 Å². The third-order valence-electron chi connectivity index (χ3n) is 10.4. The number of para-hydroxylation sites is 1. The summed E-state index contributed by atoms with van der Waals surface area (Å²) in [5.41, 5.74) is 4.13. The maximum Gasteiger partial charge on any atom is 0.203 e. The molecule has 1 aliphatic heterocycles. The highest BCUT2D eigenvalue weighted by Gasteiger charge is 2.16. The first-order chi connectivity index (χ1) is 28.1. The molecule has 0 unspecified atom stereocenters. The summed E-state index contributed by atoms with van der Waals surface area (Å²) in [5.74, 6) is 4.24. The lowest BCUT2D eigenvalue weighted by Crippen LogP contribution is -2.46. The Labute approximate surface area is 343 Å². The molecular formula is C47H59N3O6S. The van der Waals surface area contributed by atoms with E-state index in [0.717, 1.165) is 70.3 Å². The predicted molar refractivity (Wildman–Crippen MR) is 234 cm³/mol. The number of methoxy groups -OCH3 is 4. The Morgan fingerprint density at radius 2 is 1.18 bits per heavy atom. The number of aromatic nitrogens is 1. The van der Waals surface area contributed by atoms with Crippen molar-refractivity contribution in [2.24, 2.45) is 0 Å². The molecule has 0 radical (unpaired) electrons. The second-order valence-electron chi connectivity index (χ2n) is 14.4. The zero-order chi connectivity index (χ0) is 39.7. The van der Waals surface area contributed by atoms with Gasteiger partial charge in [-0.25, -0.2) is 4.98 Å². The van der Waals surface area contributed by atoms with Gasteiger partial charge in [-0.3, -0.25) is 0 Å². The first-order valence-electron chi connectivity index (χ1n) is 20.4. The summed E-state index contributed by atoms with van der Waals surface area (Å²) in [4.78, 5) is 10.1. The van der Waals surface area contributed by atoms with Gasteiger partial charge in [0.05, 0.1) is 51.9 Å². The van der Waals surface area contributed by atoms with Crippen LogP contribution in [0.3, 0.4) is 0 Å². The number of benzene rings is 4. The van der Waals surface area contributed by atoms with Crippen molar-refractivity contribution in [2.75, 3.05) is 80.9 Å². The fourth-order valence-electron chi connectivity index (χ4n) is 7.21. The third-order valence-corrected chi connectivity index (χ3v) is 11.5. The maximum absolute atomic E-state index is 6.20. The molecule has 1 aromatic heterocycles. The largest absolute Gasteiger partial charge is 0.494 e. The molecule has 0 atom stereocenters. The van der Waals surface area contributed by atoms with Crippen molar-refractivity contribution in [2.45, 2.75) is 51.4 Å². The van der Waals surface area contributed by atoms with E-state index in [1.165, 1.54) is 76.1 Å². The van der Waals surface area contributed by atoms with Gasteiger partial charge in [-0.15, -0.1) is 11.3 Å². The van der Waals surface area contributed by atoms with Gasteiger partial charge < -0.3 is 38.2 Å². The van der Waals surface area contributed by atoms with Gasteiger partial charge in [-0.2, -0.15) is 0 Å². The van der Waals surface area contributed by atoms with Crippen molar-refractivity contribution in [3.8, 4) is 45.1 Å². The molecule has 0 aliphatic carbocycles. The van der Waals surface area contributed by atoms with Gasteiger partial charge in [0, 0.05) is 31.7 Å². The van der Waals surface area contributed by atoms with Crippen molar-refractivity contribution in [1.82, 2.24) is 14.8 Å². The van der Waals surface area contributed by atoms with Crippen LogP contribution in [0.25, 0.3) is 32.9 Å². The van der Waals surface area contributed by atoms with Crippen LogP contribution in [-0.4, -0.2) is 95.7 Å². The van der Waals surface area contributed by atoms with E-state index in [4.69, 9.17) is 33.4 Å². The molecule has 1 aliphatic rings. The van der Waals surface area contributed by atoms with Crippen molar-refractivity contribution in [1.29, 1.82) is 0 Å². The molecule has 57 heavy (non-hydrogen) atoms. The molecule has 0 bridgehead atoms. The quantitative estimate of drug-likeness (QED) is 0.0475. The molecule has 9 nitrogen and oxygen atoms in total. The van der Waals surface area contributed by atoms with Crippen molar-refractivity contribution in [3.63, 3.8) is 0 Å². The van der Waals surface area contributed by atoms with Gasteiger partial charge in [-0.05, 0) is 98.4 Å². The lowest BCUT2D eigenvalue weighted by atomic mass is 10.1. The highest BCUT2D eigenvalue weighted by atomic mass is 32.1. The van der Waals surface area contributed by atoms with Crippen molar-refractivity contribution in [3.05, 3.63) is 90.0 Å². The summed E-state index contributed by atoms with van der Waals surface area (Å²) >= 11 is 1.73. The fraction of sp³-hybridized carbons (Fsp3) is 0.426. The summed E-state index contributed by atoms with van der Waals surface area (Å²) < 4.78 is 35.6.